The van der Waals surface area contributed by atoms with Gasteiger partial charge < -0.3 is 14.8 Å². The van der Waals surface area contributed by atoms with Gasteiger partial charge in [0, 0.05) is 39.9 Å². The molecule has 1 aliphatic rings. The summed E-state index contributed by atoms with van der Waals surface area (Å²) in [6.45, 7) is 8.09. The molecular weight excluding hydrogens is 252 g/mol. The summed E-state index contributed by atoms with van der Waals surface area (Å²) in [5.41, 5.74) is 0. The summed E-state index contributed by atoms with van der Waals surface area (Å²) in [5, 5.41) is 3.77. The van der Waals surface area contributed by atoms with E-state index < -0.39 is 0 Å². The first-order chi connectivity index (χ1) is 9.81. The maximum Gasteiger partial charge on any atom is 0.0589 e. The zero-order valence-corrected chi connectivity index (χ0v) is 13.7. The van der Waals surface area contributed by atoms with E-state index in [0.29, 0.717) is 6.04 Å². The molecule has 0 spiro atoms. The maximum absolute atomic E-state index is 5.24. The Morgan fingerprint density at radius 3 is 2.20 bits per heavy atom. The van der Waals surface area contributed by atoms with Crippen molar-refractivity contribution in [3.05, 3.63) is 0 Å². The summed E-state index contributed by atoms with van der Waals surface area (Å²) in [5.74, 6) is 0.856. The number of methoxy groups -OCH3 is 2. The number of nitrogens with zero attached hydrogens (tertiary/aromatic N) is 1. The molecule has 0 aliphatic heterocycles. The Morgan fingerprint density at radius 2 is 1.70 bits per heavy atom. The van der Waals surface area contributed by atoms with E-state index >= 15 is 0 Å². The van der Waals surface area contributed by atoms with Crippen LogP contribution in [0.25, 0.3) is 0 Å². The van der Waals surface area contributed by atoms with E-state index in [-0.39, 0.29) is 0 Å². The van der Waals surface area contributed by atoms with E-state index in [4.69, 9.17) is 9.47 Å². The van der Waals surface area contributed by atoms with E-state index in [1.54, 1.807) is 14.2 Å². The molecule has 1 saturated carbocycles. The fourth-order valence-electron chi connectivity index (χ4n) is 3.08. The van der Waals surface area contributed by atoms with Crippen molar-refractivity contribution < 1.29 is 9.47 Å². The average molecular weight is 286 g/mol. The lowest BCUT2D eigenvalue weighted by Gasteiger charge is -2.31. The van der Waals surface area contributed by atoms with Gasteiger partial charge in [0.2, 0.25) is 0 Å². The first-order valence-corrected chi connectivity index (χ1v) is 8.25. The topological polar surface area (TPSA) is 33.7 Å². The highest BCUT2D eigenvalue weighted by Crippen LogP contribution is 2.28. The molecule has 0 heterocycles. The number of nitrogens with one attached hydrogen (secondary N) is 1. The third-order valence-electron chi connectivity index (χ3n) is 4.30. The van der Waals surface area contributed by atoms with E-state index in [0.717, 1.165) is 45.3 Å². The number of rotatable bonds is 12. The van der Waals surface area contributed by atoms with Crippen LogP contribution in [0.5, 0.6) is 0 Å². The van der Waals surface area contributed by atoms with Gasteiger partial charge in [0.05, 0.1) is 13.2 Å². The minimum absolute atomic E-state index is 0.631. The molecule has 4 heteroatoms. The van der Waals surface area contributed by atoms with E-state index in [2.05, 4.69) is 17.1 Å². The van der Waals surface area contributed by atoms with Crippen LogP contribution in [0, 0.1) is 5.92 Å². The molecule has 1 fully saturated rings. The van der Waals surface area contributed by atoms with Gasteiger partial charge >= 0.3 is 0 Å². The number of hydrogen-bond acceptors (Lipinski definition) is 4. The maximum atomic E-state index is 5.24. The van der Waals surface area contributed by atoms with Gasteiger partial charge in [-0.1, -0.05) is 19.8 Å². The van der Waals surface area contributed by atoms with Crippen LogP contribution < -0.4 is 5.32 Å². The van der Waals surface area contributed by atoms with Crippen molar-refractivity contribution in [3.8, 4) is 0 Å². The van der Waals surface area contributed by atoms with Gasteiger partial charge in [0.1, 0.15) is 0 Å². The zero-order chi connectivity index (χ0) is 14.6. The Hall–Kier alpha value is -0.160. The second-order valence-electron chi connectivity index (χ2n) is 5.89. The Bertz CT molecular complexity index is 213. The minimum Gasteiger partial charge on any atom is -0.383 e. The predicted molar refractivity (Wildman–Crippen MR) is 84.2 cm³/mol. The highest BCUT2D eigenvalue weighted by molar-refractivity contribution is 4.83. The highest BCUT2D eigenvalue weighted by Gasteiger charge is 2.26. The van der Waals surface area contributed by atoms with Gasteiger partial charge in [0.25, 0.3) is 0 Å². The zero-order valence-electron chi connectivity index (χ0n) is 13.7. The van der Waals surface area contributed by atoms with Crippen molar-refractivity contribution in [1.82, 2.24) is 10.2 Å². The monoisotopic (exact) mass is 286 g/mol. The molecule has 1 rings (SSSR count). The molecule has 0 bridgehead atoms. The second-order valence-corrected chi connectivity index (χ2v) is 5.89. The molecule has 0 aromatic carbocycles. The molecule has 0 saturated heterocycles. The number of hydrogen-bond donors (Lipinski definition) is 1. The van der Waals surface area contributed by atoms with Crippen molar-refractivity contribution in [2.75, 3.05) is 53.6 Å². The second kappa shape index (κ2) is 11.5. The van der Waals surface area contributed by atoms with Crippen LogP contribution in [0.3, 0.4) is 0 Å². The summed E-state index contributed by atoms with van der Waals surface area (Å²) >= 11 is 0. The van der Waals surface area contributed by atoms with Crippen LogP contribution in [0.1, 0.15) is 39.0 Å². The molecule has 1 N–H and O–H groups in total. The molecule has 20 heavy (non-hydrogen) atoms. The van der Waals surface area contributed by atoms with Gasteiger partial charge in [-0.15, -0.1) is 0 Å². The molecule has 1 unspecified atom stereocenters. The molecule has 0 aromatic rings. The van der Waals surface area contributed by atoms with Crippen LogP contribution in [0.2, 0.25) is 0 Å². The third-order valence-corrected chi connectivity index (χ3v) is 4.30. The Balaban J connectivity index is 2.47. The quantitative estimate of drug-likeness (QED) is 0.596. The first kappa shape index (κ1) is 17.9. The lowest BCUT2D eigenvalue weighted by atomic mass is 9.97. The van der Waals surface area contributed by atoms with Crippen LogP contribution in [-0.2, 0) is 9.47 Å². The molecule has 0 radical (unpaired) electrons. The molecule has 120 valence electrons. The van der Waals surface area contributed by atoms with Crippen LogP contribution >= 0.6 is 0 Å². The van der Waals surface area contributed by atoms with Gasteiger partial charge in [-0.25, -0.2) is 0 Å². The fourth-order valence-corrected chi connectivity index (χ4v) is 3.08. The Kier molecular flexibility index (Phi) is 10.3. The first-order valence-electron chi connectivity index (χ1n) is 8.25. The van der Waals surface area contributed by atoms with Crippen molar-refractivity contribution in [2.24, 2.45) is 5.92 Å². The van der Waals surface area contributed by atoms with Crippen LogP contribution in [-0.4, -0.2) is 64.6 Å². The molecule has 4 nitrogen and oxygen atoms in total. The summed E-state index contributed by atoms with van der Waals surface area (Å²) in [7, 11) is 3.55. The lowest BCUT2D eigenvalue weighted by Crippen LogP contribution is -2.47. The molecule has 1 atom stereocenters. The smallest absolute Gasteiger partial charge is 0.0589 e. The molecular formula is C16H34N2O2. The average Bonchev–Trinajstić information content (AvgIpc) is 2.99. The molecule has 1 aliphatic carbocycles. The molecule has 0 amide bonds. The normalized spacial score (nSPS) is 18.0. The Morgan fingerprint density at radius 1 is 1.10 bits per heavy atom. The van der Waals surface area contributed by atoms with Crippen LogP contribution in [0.4, 0.5) is 0 Å². The van der Waals surface area contributed by atoms with Gasteiger partial charge in [-0.05, 0) is 31.7 Å². The summed E-state index contributed by atoms with van der Waals surface area (Å²) < 4.78 is 10.5. The van der Waals surface area contributed by atoms with Gasteiger partial charge in [-0.2, -0.15) is 0 Å². The largest absolute Gasteiger partial charge is 0.383 e. The van der Waals surface area contributed by atoms with Gasteiger partial charge in [0.15, 0.2) is 0 Å². The van der Waals surface area contributed by atoms with Crippen molar-refractivity contribution in [2.45, 2.75) is 45.1 Å². The van der Waals surface area contributed by atoms with Crippen molar-refractivity contribution >= 4 is 0 Å². The van der Waals surface area contributed by atoms with Crippen LogP contribution in [0.15, 0.2) is 0 Å². The van der Waals surface area contributed by atoms with E-state index in [1.165, 1.54) is 32.1 Å². The van der Waals surface area contributed by atoms with Crippen molar-refractivity contribution in [3.63, 3.8) is 0 Å². The lowest BCUT2D eigenvalue weighted by molar-refractivity contribution is 0.101. The SMILES string of the molecule is CCCNC(CN(CCOC)CCOC)C1CCCC1. The third kappa shape index (κ3) is 7.02. The highest BCUT2D eigenvalue weighted by atomic mass is 16.5. The number of ether oxygens (including phenoxy) is 2. The van der Waals surface area contributed by atoms with Crippen molar-refractivity contribution in [1.29, 1.82) is 0 Å². The van der Waals surface area contributed by atoms with E-state index in [9.17, 15) is 0 Å². The standard InChI is InChI=1S/C16H34N2O2/c1-4-9-17-16(15-7-5-6-8-15)14-18(10-12-19-2)11-13-20-3/h15-17H,4-14H2,1-3H3. The summed E-state index contributed by atoms with van der Waals surface area (Å²) in [6, 6.07) is 0.631. The Labute approximate surface area is 125 Å². The van der Waals surface area contributed by atoms with E-state index in [1.807, 2.05) is 0 Å². The van der Waals surface area contributed by atoms with Gasteiger partial charge in [-0.3, -0.25) is 4.90 Å². The fraction of sp³-hybridized carbons (Fsp3) is 1.00. The molecule has 0 aromatic heterocycles. The summed E-state index contributed by atoms with van der Waals surface area (Å²) in [4.78, 5) is 2.48. The summed E-state index contributed by atoms with van der Waals surface area (Å²) in [6.07, 6.45) is 6.81. The minimum atomic E-state index is 0.631. The predicted octanol–water partition coefficient (Wildman–Crippen LogP) is 2.14.